The van der Waals surface area contributed by atoms with Gasteiger partial charge in [-0.05, 0) is 26.7 Å². The monoisotopic (exact) mass is 373 g/mol. The molecular weight excluding hydrogens is 346 g/mol. The maximum Gasteiger partial charge on any atom is 0.233 e. The Balaban J connectivity index is 2.05. The summed E-state index contributed by atoms with van der Waals surface area (Å²) >= 11 is 1.47. The molecule has 0 spiro atoms. The summed E-state index contributed by atoms with van der Waals surface area (Å²) in [6.45, 7) is 4.89. The van der Waals surface area contributed by atoms with Gasteiger partial charge < -0.3 is 9.47 Å². The van der Waals surface area contributed by atoms with E-state index in [2.05, 4.69) is 23.6 Å². The van der Waals surface area contributed by atoms with E-state index in [1.54, 1.807) is 4.90 Å². The number of nitriles is 2. The number of hydrogen-bond donors (Lipinski definition) is 0. The average Bonchev–Trinajstić information content (AvgIpc) is 2.94. The predicted octanol–water partition coefficient (Wildman–Crippen LogP) is 3.75. The second-order valence-corrected chi connectivity index (χ2v) is 7.66. The zero-order valence-electron chi connectivity index (χ0n) is 15.7. The Hall–Kier alpha value is -1.99. The lowest BCUT2D eigenvalue weighted by Gasteiger charge is -2.26. The second-order valence-electron chi connectivity index (χ2n) is 6.71. The van der Waals surface area contributed by atoms with Crippen LogP contribution in [-0.2, 0) is 4.79 Å². The molecule has 140 valence electrons. The SMILES string of the molecule is Cc1nc(SCC(=O)N(CCC#N)CCC#N)n(C2CCCCC2)c1C. The van der Waals surface area contributed by atoms with Crippen LogP contribution in [0.1, 0.15) is 62.4 Å². The number of carbonyl (C=O) groups is 1. The lowest BCUT2D eigenvalue weighted by molar-refractivity contribution is -0.128. The molecule has 0 N–H and O–H groups in total. The van der Waals surface area contributed by atoms with Crippen LogP contribution in [0, 0.1) is 36.5 Å². The quantitative estimate of drug-likeness (QED) is 0.648. The molecule has 0 saturated heterocycles. The van der Waals surface area contributed by atoms with Crippen molar-refractivity contribution in [2.45, 2.75) is 70.0 Å². The van der Waals surface area contributed by atoms with Crippen molar-refractivity contribution < 1.29 is 4.79 Å². The maximum absolute atomic E-state index is 12.6. The molecule has 0 aromatic carbocycles. The number of amides is 1. The van der Waals surface area contributed by atoms with Crippen molar-refractivity contribution in [2.24, 2.45) is 0 Å². The molecule has 0 bridgehead atoms. The van der Waals surface area contributed by atoms with Crippen LogP contribution in [0.2, 0.25) is 0 Å². The molecule has 1 aliphatic rings. The smallest absolute Gasteiger partial charge is 0.233 e. The fourth-order valence-corrected chi connectivity index (χ4v) is 4.48. The van der Waals surface area contributed by atoms with Crippen LogP contribution in [0.3, 0.4) is 0 Å². The van der Waals surface area contributed by atoms with Gasteiger partial charge in [0, 0.05) is 24.8 Å². The molecule has 1 aliphatic carbocycles. The molecule has 26 heavy (non-hydrogen) atoms. The van der Waals surface area contributed by atoms with Crippen molar-refractivity contribution in [1.29, 1.82) is 10.5 Å². The van der Waals surface area contributed by atoms with Crippen molar-refractivity contribution in [1.82, 2.24) is 14.5 Å². The van der Waals surface area contributed by atoms with Gasteiger partial charge in [0.25, 0.3) is 0 Å². The minimum absolute atomic E-state index is 0.0333. The minimum atomic E-state index is -0.0333. The second kappa shape index (κ2) is 10.2. The van der Waals surface area contributed by atoms with Gasteiger partial charge >= 0.3 is 0 Å². The zero-order valence-corrected chi connectivity index (χ0v) is 16.5. The summed E-state index contributed by atoms with van der Waals surface area (Å²) in [5, 5.41) is 18.5. The van der Waals surface area contributed by atoms with Gasteiger partial charge in [-0.15, -0.1) is 0 Å². The van der Waals surface area contributed by atoms with E-state index in [-0.39, 0.29) is 18.7 Å². The number of rotatable bonds is 8. The topological polar surface area (TPSA) is 85.7 Å². The largest absolute Gasteiger partial charge is 0.340 e. The highest BCUT2D eigenvalue weighted by Crippen LogP contribution is 2.34. The van der Waals surface area contributed by atoms with Gasteiger partial charge in [-0.25, -0.2) is 4.98 Å². The molecule has 1 fully saturated rings. The number of thioether (sulfide) groups is 1. The predicted molar refractivity (Wildman–Crippen MR) is 102 cm³/mol. The zero-order chi connectivity index (χ0) is 18.9. The van der Waals surface area contributed by atoms with Crippen LogP contribution < -0.4 is 0 Å². The summed E-state index contributed by atoms with van der Waals surface area (Å²) in [4.78, 5) is 18.9. The van der Waals surface area contributed by atoms with Crippen LogP contribution >= 0.6 is 11.8 Å². The van der Waals surface area contributed by atoms with Crippen molar-refractivity contribution >= 4 is 17.7 Å². The number of carbonyl (C=O) groups excluding carboxylic acids is 1. The molecule has 2 rings (SSSR count). The van der Waals surface area contributed by atoms with Crippen molar-refractivity contribution in [3.05, 3.63) is 11.4 Å². The minimum Gasteiger partial charge on any atom is -0.340 e. The molecular formula is C19H27N5OS. The highest BCUT2D eigenvalue weighted by atomic mass is 32.2. The van der Waals surface area contributed by atoms with Crippen LogP contribution in [-0.4, -0.2) is 39.2 Å². The van der Waals surface area contributed by atoms with Gasteiger partial charge in [-0.2, -0.15) is 10.5 Å². The molecule has 0 radical (unpaired) electrons. The van der Waals surface area contributed by atoms with Gasteiger partial charge in [0.05, 0.1) is 36.4 Å². The molecule has 1 amide bonds. The van der Waals surface area contributed by atoms with E-state index in [1.807, 2.05) is 6.92 Å². The Morgan fingerprint density at radius 1 is 1.19 bits per heavy atom. The fraction of sp³-hybridized carbons (Fsp3) is 0.684. The third-order valence-corrected chi connectivity index (χ3v) is 5.90. The number of aryl methyl sites for hydroxylation is 1. The van der Waals surface area contributed by atoms with Crippen LogP contribution in [0.25, 0.3) is 0 Å². The lowest BCUT2D eigenvalue weighted by atomic mass is 9.95. The highest BCUT2D eigenvalue weighted by molar-refractivity contribution is 7.99. The molecule has 1 aromatic rings. The number of imidazole rings is 1. The van der Waals surface area contributed by atoms with Gasteiger partial charge in [0.1, 0.15) is 0 Å². The van der Waals surface area contributed by atoms with Gasteiger partial charge in [-0.1, -0.05) is 31.0 Å². The molecule has 1 heterocycles. The van der Waals surface area contributed by atoms with E-state index in [0.717, 1.165) is 10.9 Å². The van der Waals surface area contributed by atoms with Crippen LogP contribution in [0.15, 0.2) is 5.16 Å². The summed E-state index contributed by atoms with van der Waals surface area (Å²) in [5.41, 5.74) is 2.22. The highest BCUT2D eigenvalue weighted by Gasteiger charge is 2.23. The maximum atomic E-state index is 12.6. The van der Waals surface area contributed by atoms with Crippen molar-refractivity contribution in [3.8, 4) is 12.1 Å². The molecule has 0 unspecified atom stereocenters. The van der Waals surface area contributed by atoms with Crippen molar-refractivity contribution in [3.63, 3.8) is 0 Å². The Kier molecular flexibility index (Phi) is 8.00. The van der Waals surface area contributed by atoms with E-state index in [0.29, 0.717) is 24.9 Å². The lowest BCUT2D eigenvalue weighted by Crippen LogP contribution is -2.34. The summed E-state index contributed by atoms with van der Waals surface area (Å²) in [6, 6.07) is 4.61. The standard InChI is InChI=1S/C19H27N5OS/c1-15-16(2)24(17-8-4-3-5-9-17)19(22-15)26-14-18(25)23(12-6-10-20)13-7-11-21/h17H,3-9,12-14H2,1-2H3. The van der Waals surface area contributed by atoms with Crippen molar-refractivity contribution in [2.75, 3.05) is 18.8 Å². The van der Waals surface area contributed by atoms with Gasteiger partial charge in [0.2, 0.25) is 5.91 Å². The summed E-state index contributed by atoms with van der Waals surface area (Å²) in [5.74, 6) is 0.258. The normalized spacial score (nSPS) is 14.6. The molecule has 7 heteroatoms. The number of hydrogen-bond acceptors (Lipinski definition) is 5. The van der Waals surface area contributed by atoms with Gasteiger partial charge in [-0.3, -0.25) is 4.79 Å². The molecule has 0 atom stereocenters. The van der Waals surface area contributed by atoms with Crippen LogP contribution in [0.4, 0.5) is 0 Å². The van der Waals surface area contributed by atoms with E-state index in [4.69, 9.17) is 15.5 Å². The Bertz CT molecular complexity index is 676. The van der Waals surface area contributed by atoms with Gasteiger partial charge in [0.15, 0.2) is 5.16 Å². The summed E-state index contributed by atoms with van der Waals surface area (Å²) in [7, 11) is 0. The Morgan fingerprint density at radius 3 is 2.38 bits per heavy atom. The third-order valence-electron chi connectivity index (χ3n) is 4.96. The third kappa shape index (κ3) is 5.25. The number of nitrogens with zero attached hydrogens (tertiary/aromatic N) is 5. The molecule has 1 saturated carbocycles. The van der Waals surface area contributed by atoms with E-state index < -0.39 is 0 Å². The van der Waals surface area contributed by atoms with E-state index in [1.165, 1.54) is 49.6 Å². The summed E-state index contributed by atoms with van der Waals surface area (Å²) in [6.07, 6.45) is 6.73. The fourth-order valence-electron chi connectivity index (χ4n) is 3.42. The average molecular weight is 374 g/mol. The summed E-state index contributed by atoms with van der Waals surface area (Å²) < 4.78 is 2.32. The van der Waals surface area contributed by atoms with E-state index >= 15 is 0 Å². The Morgan fingerprint density at radius 2 is 1.81 bits per heavy atom. The molecule has 0 aliphatic heterocycles. The first-order valence-electron chi connectivity index (χ1n) is 9.28. The van der Waals surface area contributed by atoms with E-state index in [9.17, 15) is 4.79 Å². The Labute approximate surface area is 160 Å². The first-order valence-corrected chi connectivity index (χ1v) is 10.3. The van der Waals surface area contributed by atoms with Crippen LogP contribution in [0.5, 0.6) is 0 Å². The molecule has 1 aromatic heterocycles. The molecule has 6 nitrogen and oxygen atoms in total. The number of aromatic nitrogens is 2. The first-order chi connectivity index (χ1) is 12.6. The first kappa shape index (κ1) is 20.3.